The van der Waals surface area contributed by atoms with E-state index < -0.39 is 0 Å². The normalized spacial score (nSPS) is 13.4. The molecule has 0 aliphatic carbocycles. The fourth-order valence-corrected chi connectivity index (χ4v) is 1.66. The molecule has 0 saturated carbocycles. The van der Waals surface area contributed by atoms with Crippen LogP contribution in [0.25, 0.3) is 0 Å². The molecule has 0 fully saturated rings. The van der Waals surface area contributed by atoms with Crippen molar-refractivity contribution in [3.05, 3.63) is 16.1 Å². The number of hydrogen-bond donors (Lipinski definition) is 0. The first-order valence-corrected chi connectivity index (χ1v) is 4.57. The third kappa shape index (κ3) is 2.01. The lowest BCUT2D eigenvalue weighted by Gasteiger charge is -2.02. The van der Waals surface area contributed by atoms with E-state index in [1.165, 1.54) is 4.88 Å². The lowest BCUT2D eigenvalue weighted by atomic mass is 10.4. The van der Waals surface area contributed by atoms with Gasteiger partial charge in [0.05, 0.1) is 0 Å². The summed E-state index contributed by atoms with van der Waals surface area (Å²) in [5.41, 5.74) is 0. The summed E-state index contributed by atoms with van der Waals surface area (Å²) in [4.78, 5) is 5.57. The first kappa shape index (κ1) is 8.68. The summed E-state index contributed by atoms with van der Waals surface area (Å²) in [7, 11) is 1.71. The minimum atomic E-state index is 0.139. The van der Waals surface area contributed by atoms with Crippen LogP contribution in [0.4, 0.5) is 0 Å². The summed E-state index contributed by atoms with van der Waals surface area (Å²) >= 11 is 1.73. The number of ether oxygens (including phenoxy) is 1. The van der Waals surface area contributed by atoms with Crippen LogP contribution in [0.5, 0.6) is 0 Å². The Morgan fingerprint density at radius 2 is 2.45 bits per heavy atom. The van der Waals surface area contributed by atoms with E-state index >= 15 is 0 Å². The Kier molecular flexibility index (Phi) is 3.02. The largest absolute Gasteiger partial charge is 0.375 e. The summed E-state index contributed by atoms with van der Waals surface area (Å²) in [5, 5.41) is 1.07. The molecule has 2 nitrogen and oxygen atoms in total. The van der Waals surface area contributed by atoms with Crippen molar-refractivity contribution in [2.45, 2.75) is 26.4 Å². The monoisotopic (exact) mass is 171 g/mol. The van der Waals surface area contributed by atoms with Gasteiger partial charge in [0, 0.05) is 18.2 Å². The lowest BCUT2D eigenvalue weighted by molar-refractivity contribution is 0.119. The maximum absolute atomic E-state index is 5.14. The van der Waals surface area contributed by atoms with E-state index in [1.807, 2.05) is 13.1 Å². The van der Waals surface area contributed by atoms with Gasteiger partial charge >= 0.3 is 0 Å². The van der Waals surface area contributed by atoms with Crippen molar-refractivity contribution < 1.29 is 4.74 Å². The van der Waals surface area contributed by atoms with Crippen LogP contribution >= 0.6 is 11.3 Å². The van der Waals surface area contributed by atoms with Crippen LogP contribution < -0.4 is 0 Å². The smallest absolute Gasteiger partial charge is 0.121 e. The van der Waals surface area contributed by atoms with Crippen LogP contribution in [0, 0.1) is 0 Å². The molecule has 62 valence electrons. The molecule has 0 radical (unpaired) electrons. The quantitative estimate of drug-likeness (QED) is 0.696. The molecule has 0 aliphatic heterocycles. The maximum atomic E-state index is 5.14. The SMILES string of the molecule is CCc1cnc(C(C)OC)s1. The number of hydrogen-bond acceptors (Lipinski definition) is 3. The molecule has 1 unspecified atom stereocenters. The predicted octanol–water partition coefficient (Wildman–Crippen LogP) is 2.41. The van der Waals surface area contributed by atoms with Gasteiger partial charge in [-0.05, 0) is 13.3 Å². The number of rotatable bonds is 3. The third-order valence-corrected chi connectivity index (χ3v) is 2.92. The first-order chi connectivity index (χ1) is 5.27. The average molecular weight is 171 g/mol. The highest BCUT2D eigenvalue weighted by Gasteiger charge is 2.07. The molecule has 1 atom stereocenters. The highest BCUT2D eigenvalue weighted by molar-refractivity contribution is 7.11. The molecular weight excluding hydrogens is 158 g/mol. The third-order valence-electron chi connectivity index (χ3n) is 1.62. The minimum Gasteiger partial charge on any atom is -0.375 e. The Morgan fingerprint density at radius 1 is 1.73 bits per heavy atom. The van der Waals surface area contributed by atoms with E-state index in [9.17, 15) is 0 Å². The molecule has 1 heterocycles. The van der Waals surface area contributed by atoms with Crippen LogP contribution in [0.3, 0.4) is 0 Å². The molecule has 0 amide bonds. The number of nitrogens with zero attached hydrogens (tertiary/aromatic N) is 1. The standard InChI is InChI=1S/C8H13NOS/c1-4-7-5-9-8(11-7)6(2)10-3/h5-6H,4H2,1-3H3. The van der Waals surface area contributed by atoms with Crippen LogP contribution in [-0.2, 0) is 11.2 Å². The van der Waals surface area contributed by atoms with Crippen molar-refractivity contribution in [1.29, 1.82) is 0 Å². The van der Waals surface area contributed by atoms with Gasteiger partial charge in [-0.1, -0.05) is 6.92 Å². The predicted molar refractivity (Wildman–Crippen MR) is 46.9 cm³/mol. The van der Waals surface area contributed by atoms with Gasteiger partial charge in [-0.15, -0.1) is 11.3 Å². The zero-order chi connectivity index (χ0) is 8.27. The van der Waals surface area contributed by atoms with E-state index in [0.717, 1.165) is 11.4 Å². The van der Waals surface area contributed by atoms with Crippen molar-refractivity contribution in [3.63, 3.8) is 0 Å². The van der Waals surface area contributed by atoms with Gasteiger partial charge in [-0.2, -0.15) is 0 Å². The van der Waals surface area contributed by atoms with E-state index in [2.05, 4.69) is 11.9 Å². The fraction of sp³-hybridized carbons (Fsp3) is 0.625. The van der Waals surface area contributed by atoms with Crippen LogP contribution in [-0.4, -0.2) is 12.1 Å². The molecular formula is C8H13NOS. The molecule has 0 aliphatic rings. The molecule has 1 rings (SSSR count). The van der Waals surface area contributed by atoms with E-state index in [0.29, 0.717) is 0 Å². The van der Waals surface area contributed by atoms with Gasteiger partial charge in [-0.25, -0.2) is 4.98 Å². The number of thiazole rings is 1. The summed E-state index contributed by atoms with van der Waals surface area (Å²) in [6, 6.07) is 0. The highest BCUT2D eigenvalue weighted by atomic mass is 32.1. The van der Waals surface area contributed by atoms with E-state index in [1.54, 1.807) is 18.4 Å². The molecule has 0 spiro atoms. The summed E-state index contributed by atoms with van der Waals surface area (Å²) < 4.78 is 5.14. The Bertz CT molecular complexity index is 222. The van der Waals surface area contributed by atoms with E-state index in [-0.39, 0.29) is 6.10 Å². The summed E-state index contributed by atoms with van der Waals surface area (Å²) in [6.45, 7) is 4.15. The topological polar surface area (TPSA) is 22.1 Å². The van der Waals surface area contributed by atoms with Gasteiger partial charge in [-0.3, -0.25) is 0 Å². The number of methoxy groups -OCH3 is 1. The summed E-state index contributed by atoms with van der Waals surface area (Å²) in [6.07, 6.45) is 3.13. The Balaban J connectivity index is 2.71. The average Bonchev–Trinajstić information content (AvgIpc) is 2.50. The number of aryl methyl sites for hydroxylation is 1. The van der Waals surface area contributed by atoms with Crippen molar-refractivity contribution >= 4 is 11.3 Å². The Morgan fingerprint density at radius 3 is 2.91 bits per heavy atom. The van der Waals surface area contributed by atoms with Crippen LogP contribution in [0.15, 0.2) is 6.20 Å². The number of aromatic nitrogens is 1. The molecule has 0 N–H and O–H groups in total. The van der Waals surface area contributed by atoms with Gasteiger partial charge in [0.15, 0.2) is 0 Å². The van der Waals surface area contributed by atoms with Crippen LogP contribution in [0.1, 0.15) is 29.8 Å². The Hall–Kier alpha value is -0.410. The first-order valence-electron chi connectivity index (χ1n) is 3.75. The molecule has 3 heteroatoms. The second-order valence-corrected chi connectivity index (χ2v) is 3.54. The molecule has 11 heavy (non-hydrogen) atoms. The maximum Gasteiger partial charge on any atom is 0.121 e. The Labute approximate surface area is 71.2 Å². The molecule has 0 aromatic carbocycles. The second-order valence-electron chi connectivity index (χ2n) is 2.40. The van der Waals surface area contributed by atoms with Crippen molar-refractivity contribution in [1.82, 2.24) is 4.98 Å². The lowest BCUT2D eigenvalue weighted by Crippen LogP contribution is -1.93. The molecule has 0 bridgehead atoms. The van der Waals surface area contributed by atoms with Crippen molar-refractivity contribution in [3.8, 4) is 0 Å². The molecule has 1 aromatic rings. The van der Waals surface area contributed by atoms with E-state index in [4.69, 9.17) is 4.74 Å². The van der Waals surface area contributed by atoms with Gasteiger partial charge < -0.3 is 4.74 Å². The van der Waals surface area contributed by atoms with Crippen molar-refractivity contribution in [2.24, 2.45) is 0 Å². The second kappa shape index (κ2) is 3.83. The molecule has 1 aromatic heterocycles. The fourth-order valence-electron chi connectivity index (χ4n) is 0.775. The zero-order valence-corrected chi connectivity index (χ0v) is 7.94. The zero-order valence-electron chi connectivity index (χ0n) is 7.13. The summed E-state index contributed by atoms with van der Waals surface area (Å²) in [5.74, 6) is 0. The highest BCUT2D eigenvalue weighted by Crippen LogP contribution is 2.21. The van der Waals surface area contributed by atoms with Crippen LogP contribution in [0.2, 0.25) is 0 Å². The van der Waals surface area contributed by atoms with Gasteiger partial charge in [0.25, 0.3) is 0 Å². The molecule has 0 saturated heterocycles. The minimum absolute atomic E-state index is 0.139. The van der Waals surface area contributed by atoms with Gasteiger partial charge in [0.2, 0.25) is 0 Å². The van der Waals surface area contributed by atoms with Crippen molar-refractivity contribution in [2.75, 3.05) is 7.11 Å². The van der Waals surface area contributed by atoms with Gasteiger partial charge in [0.1, 0.15) is 11.1 Å².